The standard InChI is InChI=1S/C15H19N3S/c1-11-10-18(6-7-19-11)15-12(8-16)9-17-14-5-3-2-4-13(14)15/h2-5,9,11H,6-8,10,16H2,1H3. The van der Waals surface area contributed by atoms with E-state index in [0.717, 1.165) is 24.2 Å². The first-order valence-electron chi connectivity index (χ1n) is 6.73. The van der Waals surface area contributed by atoms with Gasteiger partial charge in [0.05, 0.1) is 11.2 Å². The molecule has 0 saturated carbocycles. The first kappa shape index (κ1) is 12.8. The smallest absolute Gasteiger partial charge is 0.0723 e. The second-order valence-corrected chi connectivity index (χ2v) is 6.53. The summed E-state index contributed by atoms with van der Waals surface area (Å²) in [5.41, 5.74) is 9.41. The molecule has 2 heterocycles. The molecule has 1 unspecified atom stereocenters. The molecule has 100 valence electrons. The number of hydrogen-bond donors (Lipinski definition) is 1. The van der Waals surface area contributed by atoms with Crippen molar-refractivity contribution in [3.8, 4) is 0 Å². The van der Waals surface area contributed by atoms with Crippen LogP contribution >= 0.6 is 11.8 Å². The number of nitrogens with zero attached hydrogens (tertiary/aromatic N) is 2. The lowest BCUT2D eigenvalue weighted by Gasteiger charge is -2.34. The lowest BCUT2D eigenvalue weighted by molar-refractivity contribution is 0.779. The highest BCUT2D eigenvalue weighted by atomic mass is 32.2. The number of hydrogen-bond acceptors (Lipinski definition) is 4. The predicted octanol–water partition coefficient (Wildman–Crippen LogP) is 2.64. The molecule has 0 spiro atoms. The van der Waals surface area contributed by atoms with Crippen molar-refractivity contribution in [2.24, 2.45) is 5.73 Å². The van der Waals surface area contributed by atoms with Crippen LogP contribution in [0.2, 0.25) is 0 Å². The number of benzene rings is 1. The van der Waals surface area contributed by atoms with Gasteiger partial charge in [-0.2, -0.15) is 11.8 Å². The molecule has 1 aliphatic rings. The van der Waals surface area contributed by atoms with Crippen molar-refractivity contribution < 1.29 is 0 Å². The summed E-state index contributed by atoms with van der Waals surface area (Å²) in [6.07, 6.45) is 1.93. The Hall–Kier alpha value is -1.26. The minimum absolute atomic E-state index is 0.547. The van der Waals surface area contributed by atoms with Gasteiger partial charge >= 0.3 is 0 Å². The van der Waals surface area contributed by atoms with Crippen LogP contribution in [0.4, 0.5) is 5.69 Å². The second-order valence-electron chi connectivity index (χ2n) is 4.98. The highest BCUT2D eigenvalue weighted by Crippen LogP contribution is 2.32. The molecule has 19 heavy (non-hydrogen) atoms. The Labute approximate surface area is 118 Å². The largest absolute Gasteiger partial charge is 0.369 e. The monoisotopic (exact) mass is 273 g/mol. The molecule has 0 amide bonds. The molecule has 0 bridgehead atoms. The summed E-state index contributed by atoms with van der Waals surface area (Å²) in [6.45, 7) is 5.02. The van der Waals surface area contributed by atoms with Crippen molar-refractivity contribution in [1.82, 2.24) is 4.98 Å². The molecule has 1 aromatic heterocycles. The normalized spacial score (nSPS) is 19.9. The lowest BCUT2D eigenvalue weighted by Crippen LogP contribution is -2.37. The van der Waals surface area contributed by atoms with Gasteiger partial charge in [0.25, 0.3) is 0 Å². The first-order valence-corrected chi connectivity index (χ1v) is 7.77. The van der Waals surface area contributed by atoms with Crippen molar-refractivity contribution in [2.45, 2.75) is 18.7 Å². The van der Waals surface area contributed by atoms with Crippen molar-refractivity contribution in [3.05, 3.63) is 36.0 Å². The maximum Gasteiger partial charge on any atom is 0.0723 e. The molecule has 3 rings (SSSR count). The molecule has 3 nitrogen and oxygen atoms in total. The maximum atomic E-state index is 5.91. The van der Waals surface area contributed by atoms with E-state index in [9.17, 15) is 0 Å². The fraction of sp³-hybridized carbons (Fsp3) is 0.400. The number of anilines is 1. The minimum Gasteiger partial charge on any atom is -0.369 e. The van der Waals surface area contributed by atoms with Crippen LogP contribution < -0.4 is 10.6 Å². The van der Waals surface area contributed by atoms with Gasteiger partial charge in [-0.15, -0.1) is 0 Å². The number of rotatable bonds is 2. The second kappa shape index (κ2) is 5.39. The molecular formula is C15H19N3S. The average molecular weight is 273 g/mol. The van der Waals surface area contributed by atoms with Crippen molar-refractivity contribution in [1.29, 1.82) is 0 Å². The van der Waals surface area contributed by atoms with Gasteiger partial charge in [-0.05, 0) is 6.07 Å². The van der Waals surface area contributed by atoms with E-state index in [0.29, 0.717) is 11.8 Å². The van der Waals surface area contributed by atoms with Gasteiger partial charge in [0.15, 0.2) is 0 Å². The minimum atomic E-state index is 0.547. The topological polar surface area (TPSA) is 42.1 Å². The van der Waals surface area contributed by atoms with Crippen LogP contribution in [0.25, 0.3) is 10.9 Å². The molecule has 2 N–H and O–H groups in total. The SMILES string of the molecule is CC1CN(c2c(CN)cnc3ccccc23)CCS1. The zero-order chi connectivity index (χ0) is 13.2. The van der Waals surface area contributed by atoms with Crippen molar-refractivity contribution in [3.63, 3.8) is 0 Å². The Morgan fingerprint density at radius 1 is 1.42 bits per heavy atom. The van der Waals surface area contributed by atoms with Crippen LogP contribution in [-0.2, 0) is 6.54 Å². The van der Waals surface area contributed by atoms with Crippen LogP contribution in [0.3, 0.4) is 0 Å². The Kier molecular flexibility index (Phi) is 3.62. The van der Waals surface area contributed by atoms with Gasteiger partial charge in [-0.1, -0.05) is 25.1 Å². The van der Waals surface area contributed by atoms with Gasteiger partial charge in [0, 0.05) is 47.8 Å². The van der Waals surface area contributed by atoms with E-state index < -0.39 is 0 Å². The summed E-state index contributed by atoms with van der Waals surface area (Å²) < 4.78 is 0. The first-order chi connectivity index (χ1) is 9.29. The molecular weight excluding hydrogens is 254 g/mol. The average Bonchev–Trinajstić information content (AvgIpc) is 2.46. The zero-order valence-electron chi connectivity index (χ0n) is 11.2. The van der Waals surface area contributed by atoms with E-state index in [4.69, 9.17) is 5.73 Å². The molecule has 1 saturated heterocycles. The molecule has 1 aliphatic heterocycles. The fourth-order valence-electron chi connectivity index (χ4n) is 2.71. The third-order valence-corrected chi connectivity index (χ3v) is 4.74. The van der Waals surface area contributed by atoms with E-state index in [1.807, 2.05) is 24.0 Å². The molecule has 0 radical (unpaired) electrons. The van der Waals surface area contributed by atoms with Crippen LogP contribution in [-0.4, -0.2) is 29.1 Å². The number of aromatic nitrogens is 1. The summed E-state index contributed by atoms with van der Waals surface area (Å²) in [5.74, 6) is 1.18. The summed E-state index contributed by atoms with van der Waals surface area (Å²) >= 11 is 2.05. The Bertz CT molecular complexity index is 585. The predicted molar refractivity (Wildman–Crippen MR) is 83.8 cm³/mol. The van der Waals surface area contributed by atoms with Gasteiger partial charge in [0.2, 0.25) is 0 Å². The van der Waals surface area contributed by atoms with Crippen molar-refractivity contribution >= 4 is 28.4 Å². The number of fused-ring (bicyclic) bond motifs is 1. The summed E-state index contributed by atoms with van der Waals surface area (Å²) in [6, 6.07) is 8.34. The van der Waals surface area contributed by atoms with Gasteiger partial charge in [-0.25, -0.2) is 0 Å². The molecule has 1 aromatic carbocycles. The maximum absolute atomic E-state index is 5.91. The molecule has 2 aromatic rings. The molecule has 4 heteroatoms. The summed E-state index contributed by atoms with van der Waals surface area (Å²) in [4.78, 5) is 6.99. The van der Waals surface area contributed by atoms with E-state index in [1.54, 1.807) is 0 Å². The third-order valence-electron chi connectivity index (χ3n) is 3.60. The number of para-hydroxylation sites is 1. The van der Waals surface area contributed by atoms with Gasteiger partial charge in [0.1, 0.15) is 0 Å². The van der Waals surface area contributed by atoms with Crippen molar-refractivity contribution in [2.75, 3.05) is 23.7 Å². The Balaban J connectivity index is 2.13. The quantitative estimate of drug-likeness (QED) is 0.913. The van der Waals surface area contributed by atoms with E-state index in [1.165, 1.54) is 16.8 Å². The van der Waals surface area contributed by atoms with Crippen LogP contribution in [0, 0.1) is 0 Å². The number of thioether (sulfide) groups is 1. The van der Waals surface area contributed by atoms with Gasteiger partial charge < -0.3 is 10.6 Å². The highest BCUT2D eigenvalue weighted by molar-refractivity contribution is 8.00. The molecule has 1 fully saturated rings. The van der Waals surface area contributed by atoms with Crippen LogP contribution in [0.1, 0.15) is 12.5 Å². The van der Waals surface area contributed by atoms with E-state index >= 15 is 0 Å². The number of pyridine rings is 1. The third kappa shape index (κ3) is 2.42. The molecule has 0 aliphatic carbocycles. The molecule has 1 atom stereocenters. The summed E-state index contributed by atoms with van der Waals surface area (Å²) in [7, 11) is 0. The fourth-order valence-corrected chi connectivity index (χ4v) is 3.73. The zero-order valence-corrected chi connectivity index (χ0v) is 12.0. The van der Waals surface area contributed by atoms with E-state index in [2.05, 4.69) is 35.0 Å². The van der Waals surface area contributed by atoms with Crippen LogP contribution in [0.15, 0.2) is 30.5 Å². The number of nitrogens with two attached hydrogens (primary N) is 1. The van der Waals surface area contributed by atoms with E-state index in [-0.39, 0.29) is 0 Å². The highest BCUT2D eigenvalue weighted by Gasteiger charge is 2.21. The lowest BCUT2D eigenvalue weighted by atomic mass is 10.1. The summed E-state index contributed by atoms with van der Waals surface area (Å²) in [5, 5.41) is 1.90. The van der Waals surface area contributed by atoms with Crippen LogP contribution in [0.5, 0.6) is 0 Å². The van der Waals surface area contributed by atoms with Gasteiger partial charge in [-0.3, -0.25) is 4.98 Å². The Morgan fingerprint density at radius 3 is 3.05 bits per heavy atom. The Morgan fingerprint density at radius 2 is 2.26 bits per heavy atom.